The Morgan fingerprint density at radius 3 is 2.94 bits per heavy atom. The molecule has 0 bridgehead atoms. The Morgan fingerprint density at radius 1 is 1.44 bits per heavy atom. The summed E-state index contributed by atoms with van der Waals surface area (Å²) in [6, 6.07) is 7.04. The molecule has 0 saturated carbocycles. The van der Waals surface area contributed by atoms with E-state index in [-0.39, 0.29) is 0 Å². The molecule has 0 unspecified atom stereocenters. The Hall–Kier alpha value is -1.94. The number of esters is 1. The lowest BCUT2D eigenvalue weighted by Gasteiger charge is -2.10. The van der Waals surface area contributed by atoms with Gasteiger partial charge in [-0.2, -0.15) is 0 Å². The van der Waals surface area contributed by atoms with E-state index in [2.05, 4.69) is 10.3 Å². The number of anilines is 1. The van der Waals surface area contributed by atoms with Crippen LogP contribution in [-0.2, 0) is 11.3 Å². The Kier molecular flexibility index (Phi) is 3.89. The Labute approximate surface area is 110 Å². The molecule has 2 N–H and O–H groups in total. The molecule has 4 nitrogen and oxygen atoms in total. The van der Waals surface area contributed by atoms with Gasteiger partial charge in [-0.3, -0.25) is 0 Å². The van der Waals surface area contributed by atoms with Gasteiger partial charge in [0.25, 0.3) is 0 Å². The maximum Gasteiger partial charge on any atom is 0.340 e. The molecule has 1 aromatic heterocycles. The normalized spacial score (nSPS) is 10.1. The third-order valence-corrected chi connectivity index (χ3v) is 2.77. The van der Waals surface area contributed by atoms with E-state index in [9.17, 15) is 4.79 Å². The van der Waals surface area contributed by atoms with Gasteiger partial charge >= 0.3 is 5.97 Å². The maximum absolute atomic E-state index is 11.6. The number of aromatic nitrogens is 1. The third kappa shape index (κ3) is 2.84. The summed E-state index contributed by atoms with van der Waals surface area (Å²) in [6.45, 7) is 0.620. The minimum atomic E-state index is -0.408. The van der Waals surface area contributed by atoms with Crippen LogP contribution in [0.1, 0.15) is 15.9 Å². The molecule has 0 saturated heterocycles. The zero-order valence-corrected chi connectivity index (χ0v) is 10.6. The predicted molar refractivity (Wildman–Crippen MR) is 70.9 cm³/mol. The van der Waals surface area contributed by atoms with Crippen molar-refractivity contribution in [2.24, 2.45) is 0 Å². The predicted octanol–water partition coefficient (Wildman–Crippen LogP) is 3.07. The van der Waals surface area contributed by atoms with E-state index in [1.807, 2.05) is 18.5 Å². The number of carbonyl (C=O) groups excluding carboxylic acids is 1. The molecule has 0 amide bonds. The summed E-state index contributed by atoms with van der Waals surface area (Å²) in [5.74, 6) is -0.408. The molecule has 0 aliphatic heterocycles. The number of rotatable bonds is 4. The van der Waals surface area contributed by atoms with E-state index in [0.717, 1.165) is 5.56 Å². The first-order valence-electron chi connectivity index (χ1n) is 5.44. The van der Waals surface area contributed by atoms with Crippen molar-refractivity contribution in [1.82, 2.24) is 4.98 Å². The van der Waals surface area contributed by atoms with Crippen LogP contribution in [0, 0.1) is 0 Å². The summed E-state index contributed by atoms with van der Waals surface area (Å²) in [7, 11) is 1.35. The summed E-state index contributed by atoms with van der Waals surface area (Å²) in [5, 5.41) is 3.68. The van der Waals surface area contributed by atoms with E-state index >= 15 is 0 Å². The molecule has 0 radical (unpaired) electrons. The van der Waals surface area contributed by atoms with Gasteiger partial charge in [-0.25, -0.2) is 4.79 Å². The van der Waals surface area contributed by atoms with Gasteiger partial charge in [0.15, 0.2) is 0 Å². The Morgan fingerprint density at radius 2 is 2.28 bits per heavy atom. The summed E-state index contributed by atoms with van der Waals surface area (Å²) in [5.41, 5.74) is 2.23. The molecule has 2 rings (SSSR count). The van der Waals surface area contributed by atoms with Gasteiger partial charge in [0.1, 0.15) is 0 Å². The van der Waals surface area contributed by atoms with Crippen molar-refractivity contribution in [2.75, 3.05) is 12.4 Å². The number of ether oxygens (including phenoxy) is 1. The van der Waals surface area contributed by atoms with Crippen LogP contribution in [0.3, 0.4) is 0 Å². The van der Waals surface area contributed by atoms with Crippen LogP contribution in [0.25, 0.3) is 0 Å². The van der Waals surface area contributed by atoms with Crippen molar-refractivity contribution in [3.05, 3.63) is 52.8 Å². The molecule has 0 aliphatic rings. The first-order valence-corrected chi connectivity index (χ1v) is 5.82. The van der Waals surface area contributed by atoms with Crippen molar-refractivity contribution < 1.29 is 9.53 Å². The number of hydrogen-bond donors (Lipinski definition) is 2. The standard InChI is InChI=1S/C13H13ClN2O2/c1-18-13(17)11-6-10(14)2-3-12(11)16-8-9-4-5-15-7-9/h2-7,15-16H,8H2,1H3. The first-order chi connectivity index (χ1) is 8.70. The molecule has 5 heteroatoms. The number of H-pyrrole nitrogens is 1. The number of nitrogens with one attached hydrogen (secondary N) is 2. The maximum atomic E-state index is 11.6. The minimum absolute atomic E-state index is 0.408. The van der Waals surface area contributed by atoms with Gasteiger partial charge in [0, 0.05) is 29.6 Å². The van der Waals surface area contributed by atoms with Gasteiger partial charge < -0.3 is 15.0 Å². The van der Waals surface area contributed by atoms with Crippen LogP contribution in [0.4, 0.5) is 5.69 Å². The SMILES string of the molecule is COC(=O)c1cc(Cl)ccc1NCc1cc[nH]c1. The fraction of sp³-hybridized carbons (Fsp3) is 0.154. The van der Waals surface area contributed by atoms with Gasteiger partial charge in [0.2, 0.25) is 0 Å². The number of halogens is 1. The van der Waals surface area contributed by atoms with Crippen molar-refractivity contribution in [1.29, 1.82) is 0 Å². The summed E-state index contributed by atoms with van der Waals surface area (Å²) >= 11 is 5.88. The fourth-order valence-electron chi connectivity index (χ4n) is 1.62. The van der Waals surface area contributed by atoms with Crippen LogP contribution in [0.2, 0.25) is 5.02 Å². The molecule has 0 aliphatic carbocycles. The molecular weight excluding hydrogens is 252 g/mol. The molecule has 0 spiro atoms. The van der Waals surface area contributed by atoms with Gasteiger partial charge in [-0.15, -0.1) is 0 Å². The molecule has 1 aromatic carbocycles. The van der Waals surface area contributed by atoms with E-state index in [1.165, 1.54) is 7.11 Å². The average molecular weight is 265 g/mol. The van der Waals surface area contributed by atoms with E-state index < -0.39 is 5.97 Å². The van der Waals surface area contributed by atoms with Crippen LogP contribution in [0.15, 0.2) is 36.7 Å². The molecule has 1 heterocycles. The fourth-order valence-corrected chi connectivity index (χ4v) is 1.79. The van der Waals surface area contributed by atoms with E-state index in [0.29, 0.717) is 22.8 Å². The second-order valence-electron chi connectivity index (χ2n) is 3.75. The summed E-state index contributed by atoms with van der Waals surface area (Å²) in [4.78, 5) is 14.6. The van der Waals surface area contributed by atoms with Gasteiger partial charge in [-0.05, 0) is 29.8 Å². The van der Waals surface area contributed by atoms with Crippen LogP contribution in [0.5, 0.6) is 0 Å². The third-order valence-electron chi connectivity index (χ3n) is 2.53. The highest BCUT2D eigenvalue weighted by atomic mass is 35.5. The zero-order valence-electron chi connectivity index (χ0n) is 9.87. The largest absolute Gasteiger partial charge is 0.465 e. The van der Waals surface area contributed by atoms with Gasteiger partial charge in [-0.1, -0.05) is 11.6 Å². The molecular formula is C13H13ClN2O2. The van der Waals surface area contributed by atoms with Crippen LogP contribution < -0.4 is 5.32 Å². The lowest BCUT2D eigenvalue weighted by molar-refractivity contribution is 0.0602. The zero-order chi connectivity index (χ0) is 13.0. The van der Waals surface area contributed by atoms with Crippen molar-refractivity contribution in [2.45, 2.75) is 6.54 Å². The Balaban J connectivity index is 2.18. The highest BCUT2D eigenvalue weighted by Crippen LogP contribution is 2.22. The summed E-state index contributed by atoms with van der Waals surface area (Å²) < 4.78 is 4.73. The number of benzene rings is 1. The average Bonchev–Trinajstić information content (AvgIpc) is 2.89. The second kappa shape index (κ2) is 5.60. The molecule has 94 valence electrons. The summed E-state index contributed by atoms with van der Waals surface area (Å²) in [6.07, 6.45) is 3.74. The number of hydrogen-bond acceptors (Lipinski definition) is 3. The molecule has 2 aromatic rings. The highest BCUT2D eigenvalue weighted by molar-refractivity contribution is 6.31. The van der Waals surface area contributed by atoms with E-state index in [4.69, 9.17) is 16.3 Å². The number of carbonyl (C=O) groups is 1. The van der Waals surface area contributed by atoms with Crippen LogP contribution >= 0.6 is 11.6 Å². The topological polar surface area (TPSA) is 54.1 Å². The first kappa shape index (κ1) is 12.5. The monoisotopic (exact) mass is 264 g/mol. The number of aromatic amines is 1. The molecule has 0 fully saturated rings. The van der Waals surface area contributed by atoms with Crippen molar-refractivity contribution >= 4 is 23.3 Å². The lowest BCUT2D eigenvalue weighted by atomic mass is 10.1. The van der Waals surface area contributed by atoms with Crippen molar-refractivity contribution in [3.63, 3.8) is 0 Å². The number of methoxy groups -OCH3 is 1. The molecule has 18 heavy (non-hydrogen) atoms. The Bertz CT molecular complexity index is 538. The quantitative estimate of drug-likeness (QED) is 0.835. The highest BCUT2D eigenvalue weighted by Gasteiger charge is 2.12. The van der Waals surface area contributed by atoms with E-state index in [1.54, 1.807) is 18.2 Å². The lowest BCUT2D eigenvalue weighted by Crippen LogP contribution is -2.08. The minimum Gasteiger partial charge on any atom is -0.465 e. The van der Waals surface area contributed by atoms with Crippen LogP contribution in [-0.4, -0.2) is 18.1 Å². The molecule has 0 atom stereocenters. The second-order valence-corrected chi connectivity index (χ2v) is 4.19. The van der Waals surface area contributed by atoms with Crippen molar-refractivity contribution in [3.8, 4) is 0 Å². The van der Waals surface area contributed by atoms with Gasteiger partial charge in [0.05, 0.1) is 12.7 Å². The smallest absolute Gasteiger partial charge is 0.340 e.